The highest BCUT2D eigenvalue weighted by Gasteiger charge is 2.13. The van der Waals surface area contributed by atoms with Crippen LogP contribution in [0.25, 0.3) is 0 Å². The maximum absolute atomic E-state index is 13.4. The molecular weight excluding hydrogens is 195 g/mol. The molecule has 80 valence electrons. The van der Waals surface area contributed by atoms with E-state index in [1.807, 2.05) is 0 Å². The van der Waals surface area contributed by atoms with Crippen LogP contribution >= 0.6 is 0 Å². The molecule has 3 heteroatoms. The van der Waals surface area contributed by atoms with Gasteiger partial charge in [0.2, 0.25) is 0 Å². The molecule has 0 saturated heterocycles. The zero-order valence-electron chi connectivity index (χ0n) is 8.84. The summed E-state index contributed by atoms with van der Waals surface area (Å²) in [7, 11) is 2.96. The van der Waals surface area contributed by atoms with Gasteiger partial charge in [-0.15, -0.1) is 12.3 Å². The van der Waals surface area contributed by atoms with Gasteiger partial charge >= 0.3 is 0 Å². The number of hydrogen-bond acceptors (Lipinski definition) is 2. The third-order valence-electron chi connectivity index (χ3n) is 2.11. The number of terminal acetylenes is 1. The van der Waals surface area contributed by atoms with E-state index in [1.165, 1.54) is 20.3 Å². The molecule has 0 aliphatic heterocycles. The molecule has 0 fully saturated rings. The van der Waals surface area contributed by atoms with Crippen molar-refractivity contribution in [2.75, 3.05) is 14.2 Å². The van der Waals surface area contributed by atoms with Gasteiger partial charge < -0.3 is 9.47 Å². The van der Waals surface area contributed by atoms with E-state index < -0.39 is 5.82 Å². The highest BCUT2D eigenvalue weighted by molar-refractivity contribution is 5.46. The Morgan fingerprint density at radius 1 is 1.33 bits per heavy atom. The van der Waals surface area contributed by atoms with E-state index in [9.17, 15) is 4.39 Å². The Bertz CT molecular complexity index is 380. The van der Waals surface area contributed by atoms with Crippen LogP contribution in [0.15, 0.2) is 12.1 Å². The molecule has 0 heterocycles. The molecule has 1 rings (SSSR count). The van der Waals surface area contributed by atoms with Crippen molar-refractivity contribution in [2.45, 2.75) is 12.8 Å². The zero-order valence-corrected chi connectivity index (χ0v) is 8.84. The SMILES string of the molecule is C#CCCc1c(OC)ccc(F)c1OC. The van der Waals surface area contributed by atoms with Gasteiger partial charge in [0.1, 0.15) is 5.75 Å². The predicted molar refractivity (Wildman–Crippen MR) is 56.7 cm³/mol. The Hall–Kier alpha value is -1.69. The summed E-state index contributed by atoms with van der Waals surface area (Å²) in [6, 6.07) is 2.89. The van der Waals surface area contributed by atoms with Crippen LogP contribution in [0.3, 0.4) is 0 Å². The van der Waals surface area contributed by atoms with Crippen LogP contribution in [-0.2, 0) is 6.42 Å². The second kappa shape index (κ2) is 5.26. The van der Waals surface area contributed by atoms with Gasteiger partial charge in [0.15, 0.2) is 11.6 Å². The van der Waals surface area contributed by atoms with Crippen molar-refractivity contribution in [1.82, 2.24) is 0 Å². The first kappa shape index (κ1) is 11.4. The number of ether oxygens (including phenoxy) is 2. The molecule has 0 aliphatic rings. The van der Waals surface area contributed by atoms with Crippen LogP contribution < -0.4 is 9.47 Å². The van der Waals surface area contributed by atoms with Crippen LogP contribution in [0.2, 0.25) is 0 Å². The lowest BCUT2D eigenvalue weighted by Gasteiger charge is -2.12. The van der Waals surface area contributed by atoms with Crippen LogP contribution in [0, 0.1) is 18.2 Å². The maximum Gasteiger partial charge on any atom is 0.165 e. The molecule has 0 unspecified atom stereocenters. The number of hydrogen-bond donors (Lipinski definition) is 0. The molecule has 0 spiro atoms. The molecule has 0 bridgehead atoms. The zero-order chi connectivity index (χ0) is 11.3. The number of halogens is 1. The van der Waals surface area contributed by atoms with Crippen molar-refractivity contribution >= 4 is 0 Å². The van der Waals surface area contributed by atoms with E-state index in [4.69, 9.17) is 15.9 Å². The smallest absolute Gasteiger partial charge is 0.165 e. The second-order valence-corrected chi connectivity index (χ2v) is 2.97. The first-order chi connectivity index (χ1) is 7.24. The lowest BCUT2D eigenvalue weighted by atomic mass is 10.1. The molecule has 15 heavy (non-hydrogen) atoms. The molecule has 0 amide bonds. The molecule has 0 atom stereocenters. The summed E-state index contributed by atoms with van der Waals surface area (Å²) in [5, 5.41) is 0. The first-order valence-corrected chi connectivity index (χ1v) is 4.57. The van der Waals surface area contributed by atoms with E-state index in [0.717, 1.165) is 0 Å². The Morgan fingerprint density at radius 3 is 2.60 bits per heavy atom. The summed E-state index contributed by atoms with van der Waals surface area (Å²) in [5.41, 5.74) is 0.679. The summed E-state index contributed by atoms with van der Waals surface area (Å²) < 4.78 is 23.5. The molecule has 0 aliphatic carbocycles. The second-order valence-electron chi connectivity index (χ2n) is 2.97. The van der Waals surface area contributed by atoms with Gasteiger partial charge in [-0.1, -0.05) is 0 Å². The van der Waals surface area contributed by atoms with Crippen molar-refractivity contribution in [1.29, 1.82) is 0 Å². The maximum atomic E-state index is 13.4. The van der Waals surface area contributed by atoms with Crippen LogP contribution in [0.5, 0.6) is 11.5 Å². The van der Waals surface area contributed by atoms with E-state index >= 15 is 0 Å². The Morgan fingerprint density at radius 2 is 2.07 bits per heavy atom. The molecule has 0 aromatic heterocycles. The third kappa shape index (κ3) is 2.41. The van der Waals surface area contributed by atoms with Gasteiger partial charge in [-0.25, -0.2) is 4.39 Å². The monoisotopic (exact) mass is 208 g/mol. The lowest BCUT2D eigenvalue weighted by Crippen LogP contribution is -1.99. The molecule has 2 nitrogen and oxygen atoms in total. The fourth-order valence-electron chi connectivity index (χ4n) is 1.43. The summed E-state index contributed by atoms with van der Waals surface area (Å²) in [4.78, 5) is 0. The number of methoxy groups -OCH3 is 2. The van der Waals surface area contributed by atoms with Gasteiger partial charge in [0.25, 0.3) is 0 Å². The number of benzene rings is 1. The fourth-order valence-corrected chi connectivity index (χ4v) is 1.43. The van der Waals surface area contributed by atoms with E-state index in [2.05, 4.69) is 5.92 Å². The van der Waals surface area contributed by atoms with E-state index in [0.29, 0.717) is 24.2 Å². The average Bonchev–Trinajstić information content (AvgIpc) is 2.26. The van der Waals surface area contributed by atoms with Crippen molar-refractivity contribution in [3.05, 3.63) is 23.5 Å². The molecule has 0 N–H and O–H groups in total. The summed E-state index contributed by atoms with van der Waals surface area (Å²) in [6.07, 6.45) is 6.24. The molecule has 1 aromatic rings. The van der Waals surface area contributed by atoms with Crippen LogP contribution in [-0.4, -0.2) is 14.2 Å². The standard InChI is InChI=1S/C12H13FO2/c1-4-5-6-9-11(14-2)8-7-10(13)12(9)15-3/h1,7-8H,5-6H2,2-3H3. The topological polar surface area (TPSA) is 18.5 Å². The van der Waals surface area contributed by atoms with Gasteiger partial charge in [-0.2, -0.15) is 0 Å². The normalized spacial score (nSPS) is 9.47. The lowest BCUT2D eigenvalue weighted by molar-refractivity contribution is 0.365. The van der Waals surface area contributed by atoms with Gasteiger partial charge in [0.05, 0.1) is 14.2 Å². The minimum atomic E-state index is -0.398. The van der Waals surface area contributed by atoms with Gasteiger partial charge in [-0.3, -0.25) is 0 Å². The fraction of sp³-hybridized carbons (Fsp3) is 0.333. The summed E-state index contributed by atoms with van der Waals surface area (Å²) >= 11 is 0. The van der Waals surface area contributed by atoms with Gasteiger partial charge in [-0.05, 0) is 18.6 Å². The van der Waals surface area contributed by atoms with Crippen LogP contribution in [0.4, 0.5) is 4.39 Å². The van der Waals surface area contributed by atoms with Gasteiger partial charge in [0, 0.05) is 12.0 Å². The Labute approximate surface area is 89.0 Å². The Kier molecular flexibility index (Phi) is 3.99. The molecular formula is C12H13FO2. The predicted octanol–water partition coefficient (Wildman–Crippen LogP) is 2.41. The first-order valence-electron chi connectivity index (χ1n) is 4.57. The average molecular weight is 208 g/mol. The van der Waals surface area contributed by atoms with Crippen molar-refractivity contribution in [3.8, 4) is 23.8 Å². The van der Waals surface area contributed by atoms with Crippen LogP contribution in [0.1, 0.15) is 12.0 Å². The summed E-state index contributed by atoms with van der Waals surface area (Å²) in [6.45, 7) is 0. The van der Waals surface area contributed by atoms with Crippen molar-refractivity contribution in [2.24, 2.45) is 0 Å². The highest BCUT2D eigenvalue weighted by atomic mass is 19.1. The largest absolute Gasteiger partial charge is 0.496 e. The summed E-state index contributed by atoms with van der Waals surface area (Å²) in [5.74, 6) is 2.92. The Balaban J connectivity index is 3.16. The van der Waals surface area contributed by atoms with E-state index in [1.54, 1.807) is 6.07 Å². The molecule has 1 aromatic carbocycles. The van der Waals surface area contributed by atoms with Crippen molar-refractivity contribution in [3.63, 3.8) is 0 Å². The van der Waals surface area contributed by atoms with Crippen molar-refractivity contribution < 1.29 is 13.9 Å². The molecule has 0 radical (unpaired) electrons. The highest BCUT2D eigenvalue weighted by Crippen LogP contribution is 2.32. The number of rotatable bonds is 4. The molecule has 0 saturated carbocycles. The van der Waals surface area contributed by atoms with E-state index in [-0.39, 0.29) is 5.75 Å². The minimum Gasteiger partial charge on any atom is -0.496 e. The quantitative estimate of drug-likeness (QED) is 0.707. The third-order valence-corrected chi connectivity index (χ3v) is 2.11. The minimum absolute atomic E-state index is 0.213.